The summed E-state index contributed by atoms with van der Waals surface area (Å²) in [6, 6.07) is 16.2. The van der Waals surface area contributed by atoms with E-state index in [0.717, 1.165) is 5.75 Å². The van der Waals surface area contributed by atoms with Crippen molar-refractivity contribution in [3.05, 3.63) is 89.9 Å². The van der Waals surface area contributed by atoms with E-state index in [1.807, 2.05) is 54.6 Å². The third kappa shape index (κ3) is 3.81. The second-order valence-corrected chi connectivity index (χ2v) is 8.25. The van der Waals surface area contributed by atoms with Gasteiger partial charge in [0.15, 0.2) is 0 Å². The minimum Gasteiger partial charge on any atom is -0.598 e. The van der Waals surface area contributed by atoms with Crippen LogP contribution in [0.3, 0.4) is 0 Å². The zero-order chi connectivity index (χ0) is 23.7. The van der Waals surface area contributed by atoms with Crippen molar-refractivity contribution in [2.24, 2.45) is 5.10 Å². The molecule has 1 amide bonds. The molecule has 1 fully saturated rings. The normalized spacial score (nSPS) is 21.5. The number of nitrogen functional groups attached to an aromatic ring is 1. The van der Waals surface area contributed by atoms with E-state index in [-0.39, 0.29) is 24.1 Å². The van der Waals surface area contributed by atoms with Crippen LogP contribution < -0.4 is 15.2 Å². The Balaban J connectivity index is 1.49. The minimum atomic E-state index is -1.03. The van der Waals surface area contributed by atoms with Crippen LogP contribution in [0, 0.1) is 5.21 Å². The summed E-state index contributed by atoms with van der Waals surface area (Å²) in [5.41, 5.74) is 7.76. The summed E-state index contributed by atoms with van der Waals surface area (Å²) in [6.45, 7) is 4.40. The monoisotopic (exact) mass is 456 g/mol. The van der Waals surface area contributed by atoms with E-state index in [1.54, 1.807) is 4.90 Å². The molecule has 2 atom stereocenters. The van der Waals surface area contributed by atoms with Crippen LogP contribution in [0.2, 0.25) is 0 Å². The molecule has 172 valence electrons. The fraction of sp³-hybridized carbons (Fsp3) is 0.200. The van der Waals surface area contributed by atoms with Crippen molar-refractivity contribution in [1.82, 2.24) is 19.6 Å². The molecule has 2 aliphatic rings. The number of hydrogen-bond donors (Lipinski definition) is 1. The molecular formula is C25H24N6O3. The van der Waals surface area contributed by atoms with Crippen molar-refractivity contribution >= 4 is 23.3 Å². The van der Waals surface area contributed by atoms with Crippen molar-refractivity contribution in [1.29, 1.82) is 0 Å². The maximum absolute atomic E-state index is 14.2. The maximum atomic E-state index is 14.2. The number of carbonyl (C=O) groups is 1. The molecule has 0 aliphatic carbocycles. The molecule has 2 aromatic carbocycles. The number of nitrogens with zero attached hydrogens (tertiary/aromatic N) is 5. The van der Waals surface area contributed by atoms with E-state index in [4.69, 9.17) is 10.5 Å². The number of hydrogen-bond acceptors (Lipinski definition) is 7. The first-order chi connectivity index (χ1) is 16.5. The zero-order valence-corrected chi connectivity index (χ0v) is 18.5. The highest BCUT2D eigenvalue weighted by atomic mass is 16.6. The van der Waals surface area contributed by atoms with Crippen LogP contribution in [-0.2, 0) is 4.79 Å². The molecule has 3 heterocycles. The second kappa shape index (κ2) is 8.69. The van der Waals surface area contributed by atoms with Crippen LogP contribution in [0.15, 0.2) is 78.7 Å². The van der Waals surface area contributed by atoms with Crippen LogP contribution in [0.25, 0.3) is 0 Å². The lowest BCUT2D eigenvalue weighted by molar-refractivity contribution is -0.127. The van der Waals surface area contributed by atoms with Gasteiger partial charge in [-0.25, -0.2) is 4.98 Å². The summed E-state index contributed by atoms with van der Waals surface area (Å²) in [5.74, 6) is 1.57. The highest BCUT2D eigenvalue weighted by Crippen LogP contribution is 2.40. The molecule has 9 heteroatoms. The van der Waals surface area contributed by atoms with E-state index in [2.05, 4.69) is 21.6 Å². The fourth-order valence-corrected chi connectivity index (χ4v) is 4.44. The lowest BCUT2D eigenvalue weighted by Gasteiger charge is -2.43. The Morgan fingerprint density at radius 1 is 1.15 bits per heavy atom. The van der Waals surface area contributed by atoms with Gasteiger partial charge in [0, 0.05) is 18.5 Å². The van der Waals surface area contributed by atoms with E-state index in [0.29, 0.717) is 42.0 Å². The van der Waals surface area contributed by atoms with Gasteiger partial charge in [-0.1, -0.05) is 29.9 Å². The Labute approximate surface area is 197 Å². The largest absolute Gasteiger partial charge is 0.598 e. The summed E-state index contributed by atoms with van der Waals surface area (Å²) in [4.78, 5) is 22.2. The lowest BCUT2D eigenvalue weighted by Crippen LogP contribution is -2.56. The van der Waals surface area contributed by atoms with Gasteiger partial charge in [0.1, 0.15) is 41.0 Å². The molecule has 0 radical (unpaired) electrons. The number of rotatable bonds is 5. The average molecular weight is 457 g/mol. The molecule has 34 heavy (non-hydrogen) atoms. The fourth-order valence-electron chi connectivity index (χ4n) is 4.44. The number of anilines is 1. The predicted octanol–water partition coefficient (Wildman–Crippen LogP) is 3.60. The van der Waals surface area contributed by atoms with Crippen LogP contribution in [-0.4, -0.2) is 45.6 Å². The smallest absolute Gasteiger partial charge is 0.269 e. The molecular weight excluding hydrogens is 432 g/mol. The molecule has 2 aliphatic heterocycles. The molecule has 1 aromatic heterocycles. The summed E-state index contributed by atoms with van der Waals surface area (Å²) >= 11 is 0. The second-order valence-electron chi connectivity index (χ2n) is 8.25. The zero-order valence-electron chi connectivity index (χ0n) is 18.5. The summed E-state index contributed by atoms with van der Waals surface area (Å²) in [5, 5.41) is 18.8. The Morgan fingerprint density at radius 3 is 2.62 bits per heavy atom. The van der Waals surface area contributed by atoms with Gasteiger partial charge < -0.3 is 20.6 Å². The summed E-state index contributed by atoms with van der Waals surface area (Å²) in [7, 11) is 0. The Bertz CT molecular complexity index is 1260. The van der Waals surface area contributed by atoms with Gasteiger partial charge in [0.05, 0.1) is 6.54 Å². The SMILES string of the molecule is C=CC(=O)N1CCCC([N@+]2([O-])N=C(c3ccc(Oc4ccccc4)cc3)c3c(N)ncnc32)C1. The summed E-state index contributed by atoms with van der Waals surface area (Å²) < 4.78 is 4.84. The number of para-hydroxylation sites is 1. The first-order valence-corrected chi connectivity index (χ1v) is 11.1. The number of amides is 1. The molecule has 2 N–H and O–H groups in total. The molecule has 0 saturated carbocycles. The van der Waals surface area contributed by atoms with Gasteiger partial charge in [0.2, 0.25) is 5.91 Å². The van der Waals surface area contributed by atoms with Gasteiger partial charge in [-0.3, -0.25) is 4.79 Å². The van der Waals surface area contributed by atoms with E-state index >= 15 is 0 Å². The quantitative estimate of drug-likeness (QED) is 0.356. The third-order valence-electron chi connectivity index (χ3n) is 6.13. The number of likely N-dealkylation sites (tertiary alicyclic amines) is 1. The van der Waals surface area contributed by atoms with Crippen molar-refractivity contribution in [2.45, 2.75) is 18.9 Å². The summed E-state index contributed by atoms with van der Waals surface area (Å²) in [6.07, 6.45) is 3.85. The number of nitrogens with two attached hydrogens (primary N) is 1. The molecule has 9 nitrogen and oxygen atoms in total. The standard InChI is InChI=1S/C25H24N6O3/c1-2-21(32)30-14-6-7-18(15-30)31(33)25-22(24(26)27-16-28-25)23(29-31)17-10-12-20(13-11-17)34-19-8-4-3-5-9-19/h2-5,8-13,16,18H,1,6-7,14-15H2,(H2,26,27,28)/t18?,31-/m1/s1. The number of piperidine rings is 1. The molecule has 3 aromatic rings. The van der Waals surface area contributed by atoms with Gasteiger partial charge in [-0.2, -0.15) is 9.74 Å². The van der Waals surface area contributed by atoms with Gasteiger partial charge >= 0.3 is 0 Å². The number of aromatic nitrogens is 2. The average Bonchev–Trinajstić information content (AvgIpc) is 3.20. The van der Waals surface area contributed by atoms with Crippen LogP contribution in [0.4, 0.5) is 11.6 Å². The van der Waals surface area contributed by atoms with Crippen molar-refractivity contribution in [3.8, 4) is 11.5 Å². The van der Waals surface area contributed by atoms with Gasteiger partial charge in [-0.05, 0) is 48.9 Å². The van der Waals surface area contributed by atoms with Gasteiger partial charge in [-0.15, -0.1) is 0 Å². The highest BCUT2D eigenvalue weighted by Gasteiger charge is 2.46. The topological polar surface area (TPSA) is 117 Å². The van der Waals surface area contributed by atoms with Crippen molar-refractivity contribution in [3.63, 3.8) is 0 Å². The van der Waals surface area contributed by atoms with Crippen molar-refractivity contribution in [2.75, 3.05) is 18.8 Å². The third-order valence-corrected chi connectivity index (χ3v) is 6.13. The Morgan fingerprint density at radius 2 is 1.88 bits per heavy atom. The lowest BCUT2D eigenvalue weighted by atomic mass is 10.0. The van der Waals surface area contributed by atoms with Crippen molar-refractivity contribution < 1.29 is 9.53 Å². The van der Waals surface area contributed by atoms with Crippen LogP contribution >= 0.6 is 0 Å². The molecule has 5 rings (SSSR count). The van der Waals surface area contributed by atoms with Gasteiger partial charge in [0.25, 0.3) is 5.82 Å². The minimum absolute atomic E-state index is 0.194. The molecule has 1 saturated heterocycles. The maximum Gasteiger partial charge on any atom is 0.269 e. The first-order valence-electron chi connectivity index (χ1n) is 11.1. The number of hydroxylamine groups is 1. The molecule has 1 unspecified atom stereocenters. The van der Waals surface area contributed by atoms with E-state index in [1.165, 1.54) is 12.4 Å². The number of carbonyl (C=O) groups excluding carboxylic acids is 1. The van der Waals surface area contributed by atoms with Crippen LogP contribution in [0.1, 0.15) is 24.0 Å². The highest BCUT2D eigenvalue weighted by molar-refractivity contribution is 6.20. The Hall–Kier alpha value is -4.08. The van der Waals surface area contributed by atoms with E-state index in [9.17, 15) is 10.0 Å². The number of ether oxygens (including phenoxy) is 1. The number of benzene rings is 2. The molecule has 0 bridgehead atoms. The predicted molar refractivity (Wildman–Crippen MR) is 130 cm³/mol. The Kier molecular flexibility index (Phi) is 5.56. The molecule has 0 spiro atoms. The van der Waals surface area contributed by atoms with Crippen LogP contribution in [0.5, 0.6) is 11.5 Å². The first kappa shape index (κ1) is 21.7. The van der Waals surface area contributed by atoms with E-state index < -0.39 is 10.8 Å². The number of fused-ring (bicyclic) bond motifs is 1. The number of quaternary nitrogens is 1.